The van der Waals surface area contributed by atoms with Gasteiger partial charge in [0.25, 0.3) is 0 Å². The number of ether oxygens (including phenoxy) is 2. The lowest BCUT2D eigenvalue weighted by molar-refractivity contribution is -0.197. The van der Waals surface area contributed by atoms with Crippen molar-refractivity contribution in [3.05, 3.63) is 29.3 Å². The van der Waals surface area contributed by atoms with Gasteiger partial charge >= 0.3 is 8.80 Å². The number of hydrogen-bond donors (Lipinski definition) is 0. The van der Waals surface area contributed by atoms with Crippen LogP contribution in [0.2, 0.25) is 6.04 Å². The first-order chi connectivity index (χ1) is 13.0. The third-order valence-electron chi connectivity index (χ3n) is 4.73. The van der Waals surface area contributed by atoms with Crippen LogP contribution in [0.4, 0.5) is 0 Å². The monoisotopic (exact) mass is 396 g/mol. The summed E-state index contributed by atoms with van der Waals surface area (Å²) in [6.45, 7) is 12.6. The predicted octanol–water partition coefficient (Wildman–Crippen LogP) is 5.09. The van der Waals surface area contributed by atoms with Crippen molar-refractivity contribution < 1.29 is 22.8 Å². The van der Waals surface area contributed by atoms with Crippen LogP contribution in [-0.4, -0.2) is 34.4 Å². The number of aryl methyl sites for hydroxylation is 1. The molecule has 0 radical (unpaired) electrons. The molecule has 0 aromatic heterocycles. The molecule has 0 amide bonds. The topological polar surface area (TPSA) is 46.2 Å². The lowest BCUT2D eigenvalue weighted by atomic mass is 10.0. The Kier molecular flexibility index (Phi) is 8.76. The van der Waals surface area contributed by atoms with Gasteiger partial charge in [-0.15, -0.1) is 0 Å². The van der Waals surface area contributed by atoms with E-state index in [1.165, 1.54) is 5.56 Å². The van der Waals surface area contributed by atoms with E-state index in [1.54, 1.807) is 0 Å². The molecule has 0 saturated carbocycles. The van der Waals surface area contributed by atoms with Crippen molar-refractivity contribution >= 4 is 8.80 Å². The highest BCUT2D eigenvalue weighted by Gasteiger charge is 2.39. The molecule has 27 heavy (non-hydrogen) atoms. The highest BCUT2D eigenvalue weighted by atomic mass is 28.4. The van der Waals surface area contributed by atoms with Crippen molar-refractivity contribution in [3.8, 4) is 5.75 Å². The Hall–Kier alpha value is -0.923. The van der Waals surface area contributed by atoms with Crippen LogP contribution < -0.4 is 4.74 Å². The van der Waals surface area contributed by atoms with Gasteiger partial charge in [0.1, 0.15) is 5.75 Å². The molecule has 1 aromatic carbocycles. The molecule has 0 bridgehead atoms. The van der Waals surface area contributed by atoms with Gasteiger partial charge in [0.2, 0.25) is 5.79 Å². The molecule has 0 aliphatic carbocycles. The minimum Gasteiger partial charge on any atom is -0.462 e. The van der Waals surface area contributed by atoms with Crippen LogP contribution in [0.25, 0.3) is 0 Å². The zero-order valence-electron chi connectivity index (χ0n) is 17.6. The van der Waals surface area contributed by atoms with Gasteiger partial charge in [-0.05, 0) is 57.7 Å². The summed E-state index contributed by atoms with van der Waals surface area (Å²) in [7, 11) is -2.56. The van der Waals surface area contributed by atoms with E-state index in [4.69, 9.17) is 22.8 Å². The van der Waals surface area contributed by atoms with Crippen molar-refractivity contribution in [1.29, 1.82) is 0 Å². The Balaban J connectivity index is 1.96. The fourth-order valence-electron chi connectivity index (χ4n) is 3.58. The van der Waals surface area contributed by atoms with Crippen LogP contribution in [-0.2, 0) is 31.0 Å². The average Bonchev–Trinajstić information content (AvgIpc) is 2.63. The maximum atomic E-state index is 6.09. The maximum absolute atomic E-state index is 6.09. The van der Waals surface area contributed by atoms with Gasteiger partial charge in [0.15, 0.2) is 0 Å². The second-order valence-electron chi connectivity index (χ2n) is 7.05. The van der Waals surface area contributed by atoms with Crippen molar-refractivity contribution in [2.24, 2.45) is 0 Å². The Morgan fingerprint density at radius 2 is 1.70 bits per heavy atom. The smallest absolute Gasteiger partial charge is 0.462 e. The van der Waals surface area contributed by atoms with Crippen molar-refractivity contribution in [3.63, 3.8) is 0 Å². The van der Waals surface area contributed by atoms with Gasteiger partial charge in [0.05, 0.1) is 6.61 Å². The van der Waals surface area contributed by atoms with Crippen molar-refractivity contribution in [2.75, 3.05) is 19.8 Å². The molecule has 1 atom stereocenters. The van der Waals surface area contributed by atoms with E-state index in [-0.39, 0.29) is 0 Å². The van der Waals surface area contributed by atoms with Crippen molar-refractivity contribution in [1.82, 2.24) is 0 Å². The van der Waals surface area contributed by atoms with Crippen LogP contribution in [0.5, 0.6) is 5.75 Å². The van der Waals surface area contributed by atoms with E-state index in [0.29, 0.717) is 26.4 Å². The van der Waals surface area contributed by atoms with Gasteiger partial charge < -0.3 is 22.8 Å². The highest BCUT2D eigenvalue weighted by molar-refractivity contribution is 6.60. The Labute approximate surface area is 165 Å². The summed E-state index contributed by atoms with van der Waals surface area (Å²) in [6, 6.07) is 7.27. The Bertz CT molecular complexity index is 563. The first kappa shape index (κ1) is 22.4. The molecule has 2 rings (SSSR count). The van der Waals surface area contributed by atoms with Gasteiger partial charge in [-0.3, -0.25) is 0 Å². The lowest BCUT2D eigenvalue weighted by Gasteiger charge is -2.35. The van der Waals surface area contributed by atoms with Gasteiger partial charge in [-0.25, -0.2) is 0 Å². The summed E-state index contributed by atoms with van der Waals surface area (Å²) < 4.78 is 29.9. The van der Waals surface area contributed by atoms with E-state index in [1.807, 2.05) is 27.7 Å². The standard InChI is InChI=1S/C21H36O5Si/c1-6-14-21(5)22-17-19-16-18(12-13-20(19)26-21)11-10-15-27(23-7-2,24-8-3)25-9-4/h12-13,16H,6-11,14-15,17H2,1-5H3. The van der Waals surface area contributed by atoms with Crippen LogP contribution in [0.3, 0.4) is 0 Å². The molecule has 1 unspecified atom stereocenters. The zero-order valence-corrected chi connectivity index (χ0v) is 18.6. The summed E-state index contributed by atoms with van der Waals surface area (Å²) >= 11 is 0. The molecular formula is C21H36O5Si. The highest BCUT2D eigenvalue weighted by Crippen LogP contribution is 2.34. The molecule has 1 aliphatic heterocycles. The predicted molar refractivity (Wildman–Crippen MR) is 109 cm³/mol. The second kappa shape index (κ2) is 10.6. The summed E-state index contributed by atoms with van der Waals surface area (Å²) in [6.07, 6.45) is 3.87. The van der Waals surface area contributed by atoms with Crippen LogP contribution in [0, 0.1) is 0 Å². The number of fused-ring (bicyclic) bond motifs is 1. The largest absolute Gasteiger partial charge is 0.500 e. The fourth-order valence-corrected chi connectivity index (χ4v) is 6.19. The third kappa shape index (κ3) is 6.29. The summed E-state index contributed by atoms with van der Waals surface area (Å²) in [5.74, 6) is 0.448. The Morgan fingerprint density at radius 3 is 2.30 bits per heavy atom. The first-order valence-corrected chi connectivity index (χ1v) is 12.3. The van der Waals surface area contributed by atoms with E-state index in [0.717, 1.165) is 43.0 Å². The maximum Gasteiger partial charge on any atom is 0.500 e. The molecule has 154 valence electrons. The molecular weight excluding hydrogens is 360 g/mol. The van der Waals surface area contributed by atoms with Crippen LogP contribution in [0.15, 0.2) is 18.2 Å². The molecule has 0 N–H and O–H groups in total. The van der Waals surface area contributed by atoms with E-state index >= 15 is 0 Å². The molecule has 0 spiro atoms. The van der Waals surface area contributed by atoms with Gasteiger partial charge in [0, 0.05) is 44.8 Å². The van der Waals surface area contributed by atoms with E-state index in [9.17, 15) is 0 Å². The summed E-state index contributed by atoms with van der Waals surface area (Å²) in [5.41, 5.74) is 2.41. The molecule has 0 saturated heterocycles. The van der Waals surface area contributed by atoms with Gasteiger partial charge in [-0.2, -0.15) is 0 Å². The second-order valence-corrected chi connectivity index (χ2v) is 9.78. The van der Waals surface area contributed by atoms with Crippen LogP contribution >= 0.6 is 0 Å². The van der Waals surface area contributed by atoms with Crippen LogP contribution in [0.1, 0.15) is 65.0 Å². The number of rotatable bonds is 12. The molecule has 1 aromatic rings. The molecule has 0 fully saturated rings. The van der Waals surface area contributed by atoms with E-state index < -0.39 is 14.6 Å². The molecule has 1 aliphatic rings. The van der Waals surface area contributed by atoms with Gasteiger partial charge in [-0.1, -0.05) is 13.0 Å². The lowest BCUT2D eigenvalue weighted by Crippen LogP contribution is -2.46. The SMILES string of the molecule is CCCC1(C)OCc2cc(CCC[Si](OCC)(OCC)OCC)ccc2O1. The third-order valence-corrected chi connectivity index (χ3v) is 7.88. The summed E-state index contributed by atoms with van der Waals surface area (Å²) in [4.78, 5) is 0. The van der Waals surface area contributed by atoms with Crippen molar-refractivity contribution in [2.45, 2.75) is 78.7 Å². The average molecular weight is 397 g/mol. The zero-order chi connectivity index (χ0) is 19.8. The molecule has 5 nitrogen and oxygen atoms in total. The molecule has 6 heteroatoms. The normalized spacial score (nSPS) is 19.6. The Morgan fingerprint density at radius 1 is 1.04 bits per heavy atom. The number of benzene rings is 1. The minimum absolute atomic E-state index is 0.499. The number of hydrogen-bond acceptors (Lipinski definition) is 5. The minimum atomic E-state index is -2.56. The van der Waals surface area contributed by atoms with E-state index in [2.05, 4.69) is 25.1 Å². The quantitative estimate of drug-likeness (QED) is 0.460. The fraction of sp³-hybridized carbons (Fsp3) is 0.714. The summed E-state index contributed by atoms with van der Waals surface area (Å²) in [5, 5.41) is 0. The first-order valence-electron chi connectivity index (χ1n) is 10.4. The molecule has 1 heterocycles.